The summed E-state index contributed by atoms with van der Waals surface area (Å²) in [5, 5.41) is 2.89. The van der Waals surface area contributed by atoms with Gasteiger partial charge in [-0.15, -0.1) is 0 Å². The molecule has 1 amide bonds. The molecule has 0 bridgehead atoms. The zero-order chi connectivity index (χ0) is 18.6. The summed E-state index contributed by atoms with van der Waals surface area (Å²) in [5.74, 6) is -0.764. The Morgan fingerprint density at radius 2 is 1.69 bits per heavy atom. The molecular weight excluding hydrogens is 328 g/mol. The molecule has 26 heavy (non-hydrogen) atoms. The Bertz CT molecular complexity index is 766. The van der Waals surface area contributed by atoms with Crippen LogP contribution >= 0.6 is 0 Å². The summed E-state index contributed by atoms with van der Waals surface area (Å²) >= 11 is 0. The van der Waals surface area contributed by atoms with Crippen LogP contribution in [0.1, 0.15) is 28.8 Å². The van der Waals surface area contributed by atoms with Gasteiger partial charge in [-0.05, 0) is 42.7 Å². The smallest absolute Gasteiger partial charge is 0.338 e. The average molecular weight is 352 g/mol. The zero-order valence-electron chi connectivity index (χ0n) is 15.2. The van der Waals surface area contributed by atoms with Crippen molar-refractivity contribution in [1.82, 2.24) is 5.32 Å². The molecule has 1 fully saturated rings. The van der Waals surface area contributed by atoms with Crippen molar-refractivity contribution in [3.63, 3.8) is 0 Å². The molecule has 1 aliphatic carbocycles. The largest absolute Gasteiger partial charge is 0.452 e. The third-order valence-corrected chi connectivity index (χ3v) is 4.82. The number of nitrogens with one attached hydrogen (secondary N) is 1. The number of carbonyl (C=O) groups is 2. The van der Waals surface area contributed by atoms with Crippen molar-refractivity contribution in [2.45, 2.75) is 18.3 Å². The van der Waals surface area contributed by atoms with E-state index in [0.29, 0.717) is 12.1 Å². The zero-order valence-corrected chi connectivity index (χ0v) is 15.2. The lowest BCUT2D eigenvalue weighted by Crippen LogP contribution is -2.35. The second kappa shape index (κ2) is 7.60. The first kappa shape index (κ1) is 18.0. The van der Waals surface area contributed by atoms with E-state index in [1.807, 2.05) is 49.3 Å². The topological polar surface area (TPSA) is 58.6 Å². The van der Waals surface area contributed by atoms with Crippen molar-refractivity contribution in [2.75, 3.05) is 32.1 Å². The molecule has 0 saturated heterocycles. The van der Waals surface area contributed by atoms with Gasteiger partial charge in [0.25, 0.3) is 5.91 Å². The molecule has 0 atom stereocenters. The lowest BCUT2D eigenvalue weighted by Gasteiger charge is -2.16. The summed E-state index contributed by atoms with van der Waals surface area (Å²) in [5.41, 5.74) is 2.72. The maximum atomic E-state index is 12.0. The van der Waals surface area contributed by atoms with Crippen LogP contribution in [0.2, 0.25) is 0 Å². The van der Waals surface area contributed by atoms with E-state index in [2.05, 4.69) is 17.4 Å². The molecule has 1 saturated carbocycles. The minimum atomic E-state index is -0.491. The van der Waals surface area contributed by atoms with Crippen molar-refractivity contribution in [1.29, 1.82) is 0 Å². The first-order chi connectivity index (χ1) is 12.5. The van der Waals surface area contributed by atoms with Crippen LogP contribution < -0.4 is 10.2 Å². The van der Waals surface area contributed by atoms with Crippen LogP contribution in [0.15, 0.2) is 54.6 Å². The van der Waals surface area contributed by atoms with E-state index in [0.717, 1.165) is 18.5 Å². The highest BCUT2D eigenvalue weighted by molar-refractivity contribution is 5.91. The molecule has 3 rings (SSSR count). The van der Waals surface area contributed by atoms with Gasteiger partial charge in [0.05, 0.1) is 5.56 Å². The molecule has 5 heteroatoms. The van der Waals surface area contributed by atoms with Gasteiger partial charge in [-0.25, -0.2) is 4.79 Å². The summed E-state index contributed by atoms with van der Waals surface area (Å²) in [6, 6.07) is 17.3. The Morgan fingerprint density at radius 1 is 1.04 bits per heavy atom. The molecule has 0 heterocycles. The van der Waals surface area contributed by atoms with Crippen LogP contribution in [0.4, 0.5) is 5.69 Å². The fourth-order valence-corrected chi connectivity index (χ4v) is 2.94. The monoisotopic (exact) mass is 352 g/mol. The number of carbonyl (C=O) groups excluding carboxylic acids is 2. The fourth-order valence-electron chi connectivity index (χ4n) is 2.94. The molecule has 2 aromatic carbocycles. The van der Waals surface area contributed by atoms with Gasteiger partial charge < -0.3 is 15.0 Å². The lowest BCUT2D eigenvalue weighted by molar-refractivity contribution is -0.124. The Labute approximate surface area is 154 Å². The van der Waals surface area contributed by atoms with E-state index in [1.165, 1.54) is 5.56 Å². The van der Waals surface area contributed by atoms with E-state index in [1.54, 1.807) is 12.1 Å². The first-order valence-corrected chi connectivity index (χ1v) is 8.77. The number of nitrogens with zero attached hydrogens (tertiary/aromatic N) is 1. The van der Waals surface area contributed by atoms with Crippen molar-refractivity contribution in [3.05, 3.63) is 65.7 Å². The predicted molar refractivity (Wildman–Crippen MR) is 101 cm³/mol. The van der Waals surface area contributed by atoms with E-state index in [-0.39, 0.29) is 17.9 Å². The van der Waals surface area contributed by atoms with Gasteiger partial charge >= 0.3 is 5.97 Å². The number of esters is 1. The van der Waals surface area contributed by atoms with Crippen LogP contribution in [0.5, 0.6) is 0 Å². The number of amides is 1. The molecule has 0 aliphatic heterocycles. The number of benzene rings is 2. The molecule has 1 N–H and O–H groups in total. The fraction of sp³-hybridized carbons (Fsp3) is 0.333. The Balaban J connectivity index is 1.46. The van der Waals surface area contributed by atoms with Crippen LogP contribution in [-0.2, 0) is 14.9 Å². The van der Waals surface area contributed by atoms with Crippen LogP contribution in [0.25, 0.3) is 0 Å². The van der Waals surface area contributed by atoms with Gasteiger partial charge in [0, 0.05) is 31.7 Å². The Kier molecular flexibility index (Phi) is 5.26. The van der Waals surface area contributed by atoms with Gasteiger partial charge in [-0.1, -0.05) is 30.3 Å². The average Bonchev–Trinajstić information content (AvgIpc) is 3.46. The Morgan fingerprint density at radius 3 is 2.27 bits per heavy atom. The number of ether oxygens (including phenoxy) is 1. The quantitative estimate of drug-likeness (QED) is 0.779. The molecule has 1 aliphatic rings. The minimum Gasteiger partial charge on any atom is -0.452 e. The minimum absolute atomic E-state index is 0.0446. The molecule has 5 nitrogen and oxygen atoms in total. The molecule has 0 unspecified atom stereocenters. The van der Waals surface area contributed by atoms with Crippen LogP contribution in [0, 0.1) is 0 Å². The van der Waals surface area contributed by atoms with Gasteiger partial charge in [0.1, 0.15) is 0 Å². The molecular formula is C21H24N2O3. The second-order valence-electron chi connectivity index (χ2n) is 6.94. The van der Waals surface area contributed by atoms with Crippen LogP contribution in [0.3, 0.4) is 0 Å². The highest BCUT2D eigenvalue weighted by atomic mass is 16.5. The third kappa shape index (κ3) is 4.23. The number of anilines is 1. The normalized spacial score (nSPS) is 14.4. The summed E-state index contributed by atoms with van der Waals surface area (Å²) in [4.78, 5) is 26.0. The molecule has 2 aromatic rings. The third-order valence-electron chi connectivity index (χ3n) is 4.82. The lowest BCUT2D eigenvalue weighted by atomic mass is 9.96. The van der Waals surface area contributed by atoms with E-state index in [4.69, 9.17) is 4.74 Å². The summed E-state index contributed by atoms with van der Waals surface area (Å²) in [7, 11) is 3.86. The van der Waals surface area contributed by atoms with Gasteiger partial charge in [-0.3, -0.25) is 4.79 Å². The van der Waals surface area contributed by atoms with E-state index < -0.39 is 5.97 Å². The molecule has 136 valence electrons. The maximum absolute atomic E-state index is 12.0. The number of hydrogen-bond acceptors (Lipinski definition) is 4. The van der Waals surface area contributed by atoms with Gasteiger partial charge in [-0.2, -0.15) is 0 Å². The highest BCUT2D eigenvalue weighted by Crippen LogP contribution is 2.47. The van der Waals surface area contributed by atoms with Crippen LogP contribution in [-0.4, -0.2) is 39.1 Å². The van der Waals surface area contributed by atoms with E-state index >= 15 is 0 Å². The molecule has 0 radical (unpaired) electrons. The number of rotatable bonds is 7. The number of hydrogen-bond donors (Lipinski definition) is 1. The maximum Gasteiger partial charge on any atom is 0.338 e. The SMILES string of the molecule is CN(C)c1ccc(C(=O)OCC(=O)NCC2(c3ccccc3)CC2)cc1. The standard InChI is InChI=1S/C21H24N2O3/c1-23(2)18-10-8-16(9-11-18)20(25)26-14-19(24)22-15-21(12-13-21)17-6-4-3-5-7-17/h3-11H,12-15H2,1-2H3,(H,22,24). The van der Waals surface area contributed by atoms with Crippen molar-refractivity contribution in [3.8, 4) is 0 Å². The summed E-state index contributed by atoms with van der Waals surface area (Å²) in [6.45, 7) is 0.310. The Hall–Kier alpha value is -2.82. The van der Waals surface area contributed by atoms with Crippen molar-refractivity contribution >= 4 is 17.6 Å². The molecule has 0 aromatic heterocycles. The molecule has 0 spiro atoms. The summed E-state index contributed by atoms with van der Waals surface area (Å²) < 4.78 is 5.12. The predicted octanol–water partition coefficient (Wildman–Crippen LogP) is 2.76. The first-order valence-electron chi connectivity index (χ1n) is 8.77. The van der Waals surface area contributed by atoms with Gasteiger partial charge in [0.15, 0.2) is 6.61 Å². The highest BCUT2D eigenvalue weighted by Gasteiger charge is 2.44. The van der Waals surface area contributed by atoms with Crippen molar-refractivity contribution in [2.24, 2.45) is 0 Å². The van der Waals surface area contributed by atoms with E-state index in [9.17, 15) is 9.59 Å². The summed E-state index contributed by atoms with van der Waals surface area (Å²) in [6.07, 6.45) is 2.13. The second-order valence-corrected chi connectivity index (χ2v) is 6.94. The van der Waals surface area contributed by atoms with Gasteiger partial charge in [0.2, 0.25) is 0 Å². The van der Waals surface area contributed by atoms with Crippen molar-refractivity contribution < 1.29 is 14.3 Å².